The number of cyclic esters (lactones) is 1. The van der Waals surface area contributed by atoms with Crippen LogP contribution < -0.4 is 0 Å². The van der Waals surface area contributed by atoms with Crippen molar-refractivity contribution in [3.8, 4) is 0 Å². The van der Waals surface area contributed by atoms with Gasteiger partial charge in [0.2, 0.25) is 6.10 Å². The molecule has 1 aromatic rings. The molecule has 0 amide bonds. The van der Waals surface area contributed by atoms with Gasteiger partial charge in [0.25, 0.3) is 5.97 Å². The predicted octanol–water partition coefficient (Wildman–Crippen LogP) is 2.84. The van der Waals surface area contributed by atoms with Crippen molar-refractivity contribution in [1.29, 1.82) is 0 Å². The minimum absolute atomic E-state index is 0.107. The largest absolute Gasteiger partial charge is 0.472 e. The van der Waals surface area contributed by atoms with E-state index in [2.05, 4.69) is 0 Å². The molecule has 8 rings (SSSR count). The van der Waals surface area contributed by atoms with Gasteiger partial charge in [-0.05, 0) is 12.5 Å². The molecular weight excluding hydrogens is 700 g/mol. The second kappa shape index (κ2) is 10.8. The van der Waals surface area contributed by atoms with Gasteiger partial charge in [0.1, 0.15) is 35.6 Å². The molecule has 4 heterocycles. The Kier molecular flexibility index (Phi) is 7.34. The standard InChI is InChI=1S/C37H44O16/c1-16(38)46-22-13-36-33(7)26(25(30(43)44-9)47-17(2)39)31(5)15-35(33)24(28(31)48-18(3)40)29(49-19(4)41)37(36,53-34(8,51-35)52-36)21-12-23(42)50-27(32(21,22)6)20-10-11-45-14-20/h10-11,14,21-22,24-29H,12-13,15H2,1-9H3. The number of fused-ring (bicyclic) bond motifs is 3. The Labute approximate surface area is 304 Å². The molecule has 0 radical (unpaired) electrons. The smallest absolute Gasteiger partial charge is 0.347 e. The van der Waals surface area contributed by atoms with E-state index in [4.69, 9.17) is 47.0 Å². The number of hydrogen-bond donors (Lipinski definition) is 0. The van der Waals surface area contributed by atoms with Gasteiger partial charge in [-0.2, -0.15) is 0 Å². The molecule has 0 N–H and O–H groups in total. The second-order valence-corrected chi connectivity index (χ2v) is 16.5. The molecule has 4 saturated carbocycles. The van der Waals surface area contributed by atoms with Crippen molar-refractivity contribution in [2.45, 2.75) is 128 Å². The predicted molar refractivity (Wildman–Crippen MR) is 170 cm³/mol. The Balaban J connectivity index is 1.49. The molecule has 7 fully saturated rings. The molecule has 288 valence electrons. The van der Waals surface area contributed by atoms with Crippen LogP contribution in [-0.4, -0.2) is 90.1 Å². The van der Waals surface area contributed by atoms with Crippen LogP contribution in [0.5, 0.6) is 0 Å². The van der Waals surface area contributed by atoms with Gasteiger partial charge in [0, 0.05) is 69.3 Å². The number of esters is 6. The van der Waals surface area contributed by atoms with E-state index in [0.29, 0.717) is 5.56 Å². The van der Waals surface area contributed by atoms with Gasteiger partial charge >= 0.3 is 35.8 Å². The van der Waals surface area contributed by atoms with Crippen LogP contribution in [0.3, 0.4) is 0 Å². The third-order valence-corrected chi connectivity index (χ3v) is 14.1. The number of ether oxygens (including phenoxy) is 9. The van der Waals surface area contributed by atoms with Crippen LogP contribution in [0.1, 0.15) is 86.3 Å². The molecule has 53 heavy (non-hydrogen) atoms. The van der Waals surface area contributed by atoms with E-state index in [-0.39, 0.29) is 19.3 Å². The highest BCUT2D eigenvalue weighted by Gasteiger charge is 3.01. The summed E-state index contributed by atoms with van der Waals surface area (Å²) in [5.41, 5.74) is -8.50. The van der Waals surface area contributed by atoms with Gasteiger partial charge in [-0.25, -0.2) is 4.79 Å². The fourth-order valence-corrected chi connectivity index (χ4v) is 13.1. The Morgan fingerprint density at radius 1 is 0.868 bits per heavy atom. The molecule has 1 aromatic heterocycles. The zero-order valence-electron chi connectivity index (χ0n) is 31.0. The normalized spacial score (nSPS) is 48.5. The Bertz CT molecular complexity index is 1820. The molecule has 16 nitrogen and oxygen atoms in total. The fourth-order valence-electron chi connectivity index (χ4n) is 13.1. The average molecular weight is 745 g/mol. The topological polar surface area (TPSA) is 199 Å². The number of carbonyl (C=O) groups is 6. The van der Waals surface area contributed by atoms with Crippen molar-refractivity contribution in [3.05, 3.63) is 24.2 Å². The first-order chi connectivity index (χ1) is 24.7. The number of methoxy groups -OCH3 is 1. The Morgan fingerprint density at radius 2 is 1.53 bits per heavy atom. The highest BCUT2D eigenvalue weighted by molar-refractivity contribution is 5.80. The number of rotatable bonds is 7. The lowest BCUT2D eigenvalue weighted by Gasteiger charge is -2.76. The van der Waals surface area contributed by atoms with Gasteiger partial charge < -0.3 is 47.0 Å². The quantitative estimate of drug-likeness (QED) is 0.291. The number of hydrogen-bond acceptors (Lipinski definition) is 16. The summed E-state index contributed by atoms with van der Waals surface area (Å²) in [4.78, 5) is 80.2. The van der Waals surface area contributed by atoms with E-state index in [9.17, 15) is 28.8 Å². The summed E-state index contributed by atoms with van der Waals surface area (Å²) in [7, 11) is 1.17. The molecule has 2 spiro atoms. The van der Waals surface area contributed by atoms with Gasteiger partial charge in [-0.1, -0.05) is 20.8 Å². The maximum Gasteiger partial charge on any atom is 0.347 e. The summed E-state index contributed by atoms with van der Waals surface area (Å²) in [6.45, 7) is 12.0. The summed E-state index contributed by atoms with van der Waals surface area (Å²) in [6, 6.07) is 1.64. The van der Waals surface area contributed by atoms with Crippen LogP contribution in [0.2, 0.25) is 0 Å². The summed E-state index contributed by atoms with van der Waals surface area (Å²) in [6.07, 6.45) is -3.58. The lowest BCUT2D eigenvalue weighted by Crippen LogP contribution is -2.90. The van der Waals surface area contributed by atoms with Crippen LogP contribution in [0.15, 0.2) is 23.0 Å². The van der Waals surface area contributed by atoms with Crippen molar-refractivity contribution >= 4 is 35.8 Å². The summed E-state index contributed by atoms with van der Waals surface area (Å²) in [5, 5.41) is 0. The van der Waals surface area contributed by atoms with Gasteiger partial charge in [-0.15, -0.1) is 0 Å². The SMILES string of the molecule is COC(=O)C(OC(C)=O)C1C2(C)CC34OC5(C)OC6(C(OC(C)=O)C3C2OC(C)=O)C2CC(=O)OC(c3ccoc3)C2(C)C(OC(C)=O)CC6(O5)C14C. The first-order valence-electron chi connectivity index (χ1n) is 17.8. The van der Waals surface area contributed by atoms with Gasteiger partial charge in [-0.3, -0.25) is 24.0 Å². The third kappa shape index (κ3) is 4.01. The average Bonchev–Trinajstić information content (AvgIpc) is 3.74. The highest BCUT2D eigenvalue weighted by atomic mass is 16.9. The first kappa shape index (κ1) is 36.0. The fraction of sp³-hybridized carbons (Fsp3) is 0.730. The monoisotopic (exact) mass is 744 g/mol. The zero-order valence-corrected chi connectivity index (χ0v) is 31.0. The summed E-state index contributed by atoms with van der Waals surface area (Å²) < 4.78 is 62.9. The van der Waals surface area contributed by atoms with Crippen LogP contribution in [0, 0.1) is 34.0 Å². The molecule has 16 heteroatoms. The molecule has 7 aliphatic rings. The van der Waals surface area contributed by atoms with Crippen LogP contribution in [-0.2, 0) is 71.4 Å². The van der Waals surface area contributed by atoms with E-state index in [1.54, 1.807) is 13.0 Å². The van der Waals surface area contributed by atoms with Crippen molar-refractivity contribution in [2.75, 3.05) is 7.11 Å². The van der Waals surface area contributed by atoms with E-state index in [0.717, 1.165) is 6.92 Å². The maximum absolute atomic E-state index is 13.9. The van der Waals surface area contributed by atoms with Crippen LogP contribution in [0.25, 0.3) is 0 Å². The van der Waals surface area contributed by atoms with Gasteiger partial charge in [0.05, 0.1) is 43.0 Å². The van der Waals surface area contributed by atoms with Gasteiger partial charge in [0.15, 0.2) is 0 Å². The first-order valence-corrected chi connectivity index (χ1v) is 17.8. The lowest BCUT2D eigenvalue weighted by atomic mass is 9.34. The number of furan rings is 1. The summed E-state index contributed by atoms with van der Waals surface area (Å²) in [5.74, 6) is -9.18. The van der Waals surface area contributed by atoms with E-state index in [1.807, 2.05) is 20.8 Å². The van der Waals surface area contributed by atoms with E-state index < -0.39 is 123 Å². The van der Waals surface area contributed by atoms with Crippen LogP contribution >= 0.6 is 0 Å². The van der Waals surface area contributed by atoms with Crippen molar-refractivity contribution in [1.82, 2.24) is 0 Å². The molecule has 4 bridgehead atoms. The molecular formula is C37H44O16. The summed E-state index contributed by atoms with van der Waals surface area (Å²) >= 11 is 0. The molecule has 4 aliphatic carbocycles. The second-order valence-electron chi connectivity index (χ2n) is 16.5. The Morgan fingerprint density at radius 3 is 2.11 bits per heavy atom. The molecule has 3 aliphatic heterocycles. The zero-order chi connectivity index (χ0) is 38.5. The number of carbonyl (C=O) groups excluding carboxylic acids is 6. The molecule has 0 aromatic carbocycles. The van der Waals surface area contributed by atoms with Crippen LogP contribution in [0.4, 0.5) is 0 Å². The maximum atomic E-state index is 13.9. The highest BCUT2D eigenvalue weighted by Crippen LogP contribution is 2.89. The minimum Gasteiger partial charge on any atom is -0.472 e. The van der Waals surface area contributed by atoms with Crippen molar-refractivity contribution in [2.24, 2.45) is 34.0 Å². The molecule has 15 atom stereocenters. The van der Waals surface area contributed by atoms with Crippen molar-refractivity contribution < 1.29 is 75.8 Å². The van der Waals surface area contributed by atoms with Crippen molar-refractivity contribution in [3.63, 3.8) is 0 Å². The Hall–Kier alpha value is -4.02. The lowest BCUT2D eigenvalue weighted by molar-refractivity contribution is -0.460. The van der Waals surface area contributed by atoms with E-state index >= 15 is 0 Å². The molecule has 3 saturated heterocycles. The third-order valence-electron chi connectivity index (χ3n) is 14.1. The van der Waals surface area contributed by atoms with E-state index in [1.165, 1.54) is 40.4 Å². The molecule has 15 unspecified atom stereocenters. The minimum atomic E-state index is -1.87.